The van der Waals surface area contributed by atoms with E-state index in [-0.39, 0.29) is 0 Å². The smallest absolute Gasteiger partial charge is 0.206 e. The molecule has 1 N–H and O–H groups in total. The van der Waals surface area contributed by atoms with Crippen LogP contribution in [-0.2, 0) is 0 Å². The Morgan fingerprint density at radius 3 is 2.83 bits per heavy atom. The van der Waals surface area contributed by atoms with Crippen molar-refractivity contribution in [3.63, 3.8) is 0 Å². The van der Waals surface area contributed by atoms with Gasteiger partial charge in [0.15, 0.2) is 0 Å². The van der Waals surface area contributed by atoms with Gasteiger partial charge in [0.05, 0.1) is 5.69 Å². The van der Waals surface area contributed by atoms with E-state index in [0.717, 1.165) is 25.3 Å². The quantitative estimate of drug-likeness (QED) is 0.870. The molecule has 0 aromatic carbocycles. The summed E-state index contributed by atoms with van der Waals surface area (Å²) >= 11 is 0. The minimum absolute atomic E-state index is 0.563. The largest absolute Gasteiger partial charge is 0.339 e. The molecule has 1 aliphatic heterocycles. The van der Waals surface area contributed by atoms with E-state index in [9.17, 15) is 0 Å². The van der Waals surface area contributed by atoms with Crippen molar-refractivity contribution >= 4 is 5.95 Å². The first-order valence-electron chi connectivity index (χ1n) is 7.28. The SMILES string of the molecule is Cc1cn(C2CCCC2)c(N2CCN[C@@H](C)C2)n1. The van der Waals surface area contributed by atoms with E-state index >= 15 is 0 Å². The van der Waals surface area contributed by atoms with Crippen LogP contribution < -0.4 is 10.2 Å². The first-order chi connectivity index (χ1) is 8.74. The third-order valence-corrected chi connectivity index (χ3v) is 4.20. The highest BCUT2D eigenvalue weighted by Gasteiger charge is 2.25. The molecule has 0 bridgehead atoms. The Bertz CT molecular complexity index is 406. The predicted octanol–water partition coefficient (Wildman–Crippen LogP) is 2.10. The molecule has 1 aromatic rings. The summed E-state index contributed by atoms with van der Waals surface area (Å²) in [4.78, 5) is 7.23. The molecule has 2 heterocycles. The highest BCUT2D eigenvalue weighted by atomic mass is 15.3. The fourth-order valence-corrected chi connectivity index (χ4v) is 3.30. The van der Waals surface area contributed by atoms with Gasteiger partial charge in [0, 0.05) is 37.9 Å². The van der Waals surface area contributed by atoms with Crippen LogP contribution in [0, 0.1) is 6.92 Å². The van der Waals surface area contributed by atoms with Gasteiger partial charge >= 0.3 is 0 Å². The second-order valence-electron chi connectivity index (χ2n) is 5.83. The zero-order chi connectivity index (χ0) is 12.5. The Kier molecular flexibility index (Phi) is 3.29. The van der Waals surface area contributed by atoms with Gasteiger partial charge in [-0.25, -0.2) is 4.98 Å². The zero-order valence-corrected chi connectivity index (χ0v) is 11.5. The third-order valence-electron chi connectivity index (χ3n) is 4.20. The second-order valence-corrected chi connectivity index (χ2v) is 5.83. The fraction of sp³-hybridized carbons (Fsp3) is 0.786. The maximum atomic E-state index is 4.77. The summed E-state index contributed by atoms with van der Waals surface area (Å²) in [6.07, 6.45) is 7.64. The molecule has 18 heavy (non-hydrogen) atoms. The van der Waals surface area contributed by atoms with Gasteiger partial charge < -0.3 is 14.8 Å². The molecular weight excluding hydrogens is 224 g/mol. The molecule has 4 heteroatoms. The lowest BCUT2D eigenvalue weighted by atomic mass is 10.2. The molecule has 0 spiro atoms. The summed E-state index contributed by atoms with van der Waals surface area (Å²) in [5.41, 5.74) is 1.16. The number of imidazole rings is 1. The number of aryl methyl sites for hydroxylation is 1. The summed E-state index contributed by atoms with van der Waals surface area (Å²) < 4.78 is 2.44. The highest BCUT2D eigenvalue weighted by Crippen LogP contribution is 2.33. The number of hydrogen-bond donors (Lipinski definition) is 1. The Balaban J connectivity index is 1.85. The first kappa shape index (κ1) is 12.0. The zero-order valence-electron chi connectivity index (χ0n) is 11.5. The Hall–Kier alpha value is -1.03. The first-order valence-corrected chi connectivity index (χ1v) is 7.28. The normalized spacial score (nSPS) is 25.9. The average Bonchev–Trinajstić information content (AvgIpc) is 2.97. The van der Waals surface area contributed by atoms with Crippen LogP contribution in [0.15, 0.2) is 6.20 Å². The molecule has 1 aromatic heterocycles. The standard InChI is InChI=1S/C14H24N4/c1-11-9-17(8-7-15-11)14-16-12(2)10-18(14)13-5-3-4-6-13/h10-11,13,15H,3-9H2,1-2H3/t11-/m0/s1. The summed E-state index contributed by atoms with van der Waals surface area (Å²) in [7, 11) is 0. The monoisotopic (exact) mass is 248 g/mol. The van der Waals surface area contributed by atoms with Crippen LogP contribution in [-0.4, -0.2) is 35.2 Å². The molecule has 1 saturated heterocycles. The molecule has 1 atom stereocenters. The van der Waals surface area contributed by atoms with Gasteiger partial charge in [-0.3, -0.25) is 0 Å². The molecule has 4 nitrogen and oxygen atoms in total. The molecule has 1 aliphatic carbocycles. The number of hydrogen-bond acceptors (Lipinski definition) is 3. The average molecular weight is 248 g/mol. The van der Waals surface area contributed by atoms with Crippen molar-refractivity contribution in [3.8, 4) is 0 Å². The molecule has 0 amide bonds. The lowest BCUT2D eigenvalue weighted by molar-refractivity contribution is 0.457. The van der Waals surface area contributed by atoms with E-state index in [2.05, 4.69) is 34.8 Å². The highest BCUT2D eigenvalue weighted by molar-refractivity contribution is 5.35. The van der Waals surface area contributed by atoms with E-state index < -0.39 is 0 Å². The van der Waals surface area contributed by atoms with Gasteiger partial charge in [-0.2, -0.15) is 0 Å². The molecule has 2 fully saturated rings. The lowest BCUT2D eigenvalue weighted by Crippen LogP contribution is -2.50. The predicted molar refractivity (Wildman–Crippen MR) is 74.1 cm³/mol. The van der Waals surface area contributed by atoms with E-state index in [1.165, 1.54) is 31.6 Å². The van der Waals surface area contributed by atoms with Gasteiger partial charge in [0.1, 0.15) is 0 Å². The molecule has 100 valence electrons. The van der Waals surface area contributed by atoms with Crippen molar-refractivity contribution in [1.82, 2.24) is 14.9 Å². The lowest BCUT2D eigenvalue weighted by Gasteiger charge is -2.33. The molecule has 0 unspecified atom stereocenters. The Morgan fingerprint density at radius 2 is 2.11 bits per heavy atom. The van der Waals surface area contributed by atoms with E-state index in [4.69, 9.17) is 4.98 Å². The van der Waals surface area contributed by atoms with E-state index in [0.29, 0.717) is 12.1 Å². The van der Waals surface area contributed by atoms with Gasteiger partial charge in [-0.1, -0.05) is 12.8 Å². The van der Waals surface area contributed by atoms with Crippen LogP contribution in [0.1, 0.15) is 44.3 Å². The van der Waals surface area contributed by atoms with Gasteiger partial charge in [-0.05, 0) is 26.7 Å². The maximum absolute atomic E-state index is 4.77. The second kappa shape index (κ2) is 4.92. The topological polar surface area (TPSA) is 33.1 Å². The Labute approximate surface area is 109 Å². The van der Waals surface area contributed by atoms with Crippen LogP contribution in [0.3, 0.4) is 0 Å². The van der Waals surface area contributed by atoms with Crippen molar-refractivity contribution in [1.29, 1.82) is 0 Å². The minimum Gasteiger partial charge on any atom is -0.339 e. The Morgan fingerprint density at radius 1 is 1.33 bits per heavy atom. The van der Waals surface area contributed by atoms with Crippen molar-refractivity contribution in [3.05, 3.63) is 11.9 Å². The van der Waals surface area contributed by atoms with E-state index in [1.54, 1.807) is 0 Å². The van der Waals surface area contributed by atoms with Crippen LogP contribution in [0.2, 0.25) is 0 Å². The molecule has 1 saturated carbocycles. The van der Waals surface area contributed by atoms with E-state index in [1.807, 2.05) is 0 Å². The van der Waals surface area contributed by atoms with Gasteiger partial charge in [0.2, 0.25) is 5.95 Å². The van der Waals surface area contributed by atoms with Crippen LogP contribution in [0.25, 0.3) is 0 Å². The third kappa shape index (κ3) is 2.26. The van der Waals surface area contributed by atoms with Crippen LogP contribution in [0.5, 0.6) is 0 Å². The molecule has 0 radical (unpaired) electrons. The number of piperazine rings is 1. The van der Waals surface area contributed by atoms with Crippen molar-refractivity contribution in [2.45, 2.75) is 51.6 Å². The van der Waals surface area contributed by atoms with Crippen LogP contribution >= 0.6 is 0 Å². The number of rotatable bonds is 2. The number of aromatic nitrogens is 2. The van der Waals surface area contributed by atoms with Crippen molar-refractivity contribution in [2.75, 3.05) is 24.5 Å². The molecule has 2 aliphatic rings. The summed E-state index contributed by atoms with van der Waals surface area (Å²) in [6.45, 7) is 7.58. The number of nitrogens with one attached hydrogen (secondary N) is 1. The number of anilines is 1. The molecule has 3 rings (SSSR count). The van der Waals surface area contributed by atoms with Gasteiger partial charge in [0.25, 0.3) is 0 Å². The van der Waals surface area contributed by atoms with Crippen LogP contribution in [0.4, 0.5) is 5.95 Å². The fourth-order valence-electron chi connectivity index (χ4n) is 3.30. The van der Waals surface area contributed by atoms with Crippen molar-refractivity contribution < 1.29 is 0 Å². The molecular formula is C14H24N4. The minimum atomic E-state index is 0.563. The maximum Gasteiger partial charge on any atom is 0.206 e. The number of nitrogens with zero attached hydrogens (tertiary/aromatic N) is 3. The van der Waals surface area contributed by atoms with Crippen molar-refractivity contribution in [2.24, 2.45) is 0 Å². The summed E-state index contributed by atoms with van der Waals surface area (Å²) in [5.74, 6) is 1.20. The van der Waals surface area contributed by atoms with Gasteiger partial charge in [-0.15, -0.1) is 0 Å². The summed E-state index contributed by atoms with van der Waals surface area (Å²) in [5, 5.41) is 3.50. The summed E-state index contributed by atoms with van der Waals surface area (Å²) in [6, 6.07) is 1.25.